The third kappa shape index (κ3) is 5.52. The fourth-order valence-electron chi connectivity index (χ4n) is 1.56. The van der Waals surface area contributed by atoms with Gasteiger partial charge in [-0.05, 0) is 36.6 Å². The van der Waals surface area contributed by atoms with Crippen molar-refractivity contribution in [3.8, 4) is 0 Å². The number of hydrogen-bond donors (Lipinski definition) is 2. The van der Waals surface area contributed by atoms with Gasteiger partial charge in [-0.1, -0.05) is 32.4 Å². The lowest BCUT2D eigenvalue weighted by molar-refractivity contribution is 0.0948. The minimum Gasteiger partial charge on any atom is -0.352 e. The van der Waals surface area contributed by atoms with Crippen LogP contribution in [0.3, 0.4) is 0 Å². The van der Waals surface area contributed by atoms with Crippen molar-refractivity contribution in [1.82, 2.24) is 5.32 Å². The predicted octanol–water partition coefficient (Wildman–Crippen LogP) is 2.39. The fraction of sp³-hybridized carbons (Fsp3) is 0.500. The fourth-order valence-corrected chi connectivity index (χ4v) is 1.56. The van der Waals surface area contributed by atoms with Crippen molar-refractivity contribution in [2.75, 3.05) is 13.1 Å². The summed E-state index contributed by atoms with van der Waals surface area (Å²) in [6.45, 7) is 5.39. The molecule has 4 heteroatoms. The number of nitrogens with two attached hydrogens (primary N) is 1. The SMILES string of the molecule is CCCc1ccc(C(=O)NCC(C)CN)cc1.Cl. The molecular formula is C14H23ClN2O. The number of benzene rings is 1. The zero-order valence-electron chi connectivity index (χ0n) is 11.1. The number of amides is 1. The summed E-state index contributed by atoms with van der Waals surface area (Å²) in [6.07, 6.45) is 2.19. The van der Waals surface area contributed by atoms with Crippen LogP contribution in [-0.2, 0) is 6.42 Å². The summed E-state index contributed by atoms with van der Waals surface area (Å²) < 4.78 is 0. The van der Waals surface area contributed by atoms with E-state index in [1.807, 2.05) is 31.2 Å². The molecule has 0 bridgehead atoms. The number of hydrogen-bond acceptors (Lipinski definition) is 2. The molecule has 0 heterocycles. The minimum atomic E-state index is -0.0200. The van der Waals surface area contributed by atoms with Crippen molar-refractivity contribution in [1.29, 1.82) is 0 Å². The van der Waals surface area contributed by atoms with Gasteiger partial charge in [0.15, 0.2) is 0 Å². The molecule has 0 aromatic heterocycles. The van der Waals surface area contributed by atoms with Crippen molar-refractivity contribution in [2.24, 2.45) is 11.7 Å². The first kappa shape index (κ1) is 16.9. The molecular weight excluding hydrogens is 248 g/mol. The van der Waals surface area contributed by atoms with Gasteiger partial charge in [0.1, 0.15) is 0 Å². The van der Waals surface area contributed by atoms with Gasteiger partial charge in [0.05, 0.1) is 0 Å². The van der Waals surface area contributed by atoms with E-state index in [9.17, 15) is 4.79 Å². The summed E-state index contributed by atoms with van der Waals surface area (Å²) in [5, 5.41) is 2.88. The van der Waals surface area contributed by atoms with Crippen LogP contribution in [0.4, 0.5) is 0 Å². The largest absolute Gasteiger partial charge is 0.352 e. The average molecular weight is 271 g/mol. The smallest absolute Gasteiger partial charge is 0.251 e. The molecule has 102 valence electrons. The van der Waals surface area contributed by atoms with E-state index in [0.29, 0.717) is 24.6 Å². The maximum atomic E-state index is 11.8. The van der Waals surface area contributed by atoms with E-state index in [2.05, 4.69) is 12.2 Å². The Labute approximate surface area is 116 Å². The van der Waals surface area contributed by atoms with Gasteiger partial charge in [0.2, 0.25) is 0 Å². The van der Waals surface area contributed by atoms with Crippen molar-refractivity contribution in [3.05, 3.63) is 35.4 Å². The zero-order chi connectivity index (χ0) is 12.7. The van der Waals surface area contributed by atoms with Gasteiger partial charge in [-0.15, -0.1) is 12.4 Å². The van der Waals surface area contributed by atoms with E-state index < -0.39 is 0 Å². The summed E-state index contributed by atoms with van der Waals surface area (Å²) in [6, 6.07) is 7.80. The summed E-state index contributed by atoms with van der Waals surface area (Å²) >= 11 is 0. The maximum Gasteiger partial charge on any atom is 0.251 e. The number of carbonyl (C=O) groups is 1. The van der Waals surface area contributed by atoms with Crippen LogP contribution in [0.25, 0.3) is 0 Å². The molecule has 1 aromatic carbocycles. The highest BCUT2D eigenvalue weighted by atomic mass is 35.5. The average Bonchev–Trinajstić information content (AvgIpc) is 2.36. The standard InChI is InChI=1S/C14H22N2O.ClH/c1-3-4-12-5-7-13(8-6-12)14(17)16-10-11(2)9-15;/h5-8,11H,3-4,9-10,15H2,1-2H3,(H,16,17);1H. The van der Waals surface area contributed by atoms with E-state index >= 15 is 0 Å². The van der Waals surface area contributed by atoms with Crippen molar-refractivity contribution in [2.45, 2.75) is 26.7 Å². The molecule has 0 aliphatic heterocycles. The molecule has 1 rings (SSSR count). The van der Waals surface area contributed by atoms with Crippen LogP contribution in [0, 0.1) is 5.92 Å². The number of nitrogens with one attached hydrogen (secondary N) is 1. The molecule has 0 saturated carbocycles. The van der Waals surface area contributed by atoms with Gasteiger partial charge in [0.25, 0.3) is 5.91 Å². The quantitative estimate of drug-likeness (QED) is 0.834. The van der Waals surface area contributed by atoms with Crippen LogP contribution >= 0.6 is 12.4 Å². The Morgan fingerprint density at radius 1 is 1.33 bits per heavy atom. The molecule has 0 aliphatic rings. The molecule has 0 saturated heterocycles. The Kier molecular flexibility index (Phi) is 8.42. The number of halogens is 1. The van der Waals surface area contributed by atoms with Crippen LogP contribution < -0.4 is 11.1 Å². The van der Waals surface area contributed by atoms with Crippen molar-refractivity contribution >= 4 is 18.3 Å². The first-order chi connectivity index (χ1) is 8.17. The van der Waals surface area contributed by atoms with Gasteiger partial charge < -0.3 is 11.1 Å². The topological polar surface area (TPSA) is 55.1 Å². The van der Waals surface area contributed by atoms with E-state index in [4.69, 9.17) is 5.73 Å². The molecule has 1 aromatic rings. The third-order valence-corrected chi connectivity index (χ3v) is 2.77. The highest BCUT2D eigenvalue weighted by Gasteiger charge is 2.06. The molecule has 1 amide bonds. The van der Waals surface area contributed by atoms with Crippen LogP contribution in [-0.4, -0.2) is 19.0 Å². The molecule has 3 N–H and O–H groups in total. The molecule has 1 unspecified atom stereocenters. The Morgan fingerprint density at radius 2 is 1.94 bits per heavy atom. The lowest BCUT2D eigenvalue weighted by Gasteiger charge is -2.10. The van der Waals surface area contributed by atoms with Crippen LogP contribution in [0.2, 0.25) is 0 Å². The second-order valence-electron chi connectivity index (χ2n) is 4.50. The second kappa shape index (κ2) is 8.95. The van der Waals surface area contributed by atoms with Gasteiger partial charge >= 0.3 is 0 Å². The van der Waals surface area contributed by atoms with Gasteiger partial charge in [-0.25, -0.2) is 0 Å². The van der Waals surface area contributed by atoms with E-state index in [-0.39, 0.29) is 18.3 Å². The van der Waals surface area contributed by atoms with Crippen molar-refractivity contribution < 1.29 is 4.79 Å². The first-order valence-corrected chi connectivity index (χ1v) is 6.24. The Morgan fingerprint density at radius 3 is 2.44 bits per heavy atom. The Bertz CT molecular complexity index is 351. The normalized spacial score (nSPS) is 11.5. The predicted molar refractivity (Wildman–Crippen MR) is 78.2 cm³/mol. The van der Waals surface area contributed by atoms with Crippen LogP contribution in [0.5, 0.6) is 0 Å². The van der Waals surface area contributed by atoms with E-state index in [0.717, 1.165) is 12.8 Å². The molecule has 0 spiro atoms. The lowest BCUT2D eigenvalue weighted by atomic mass is 10.1. The van der Waals surface area contributed by atoms with Gasteiger partial charge in [0, 0.05) is 12.1 Å². The third-order valence-electron chi connectivity index (χ3n) is 2.77. The molecule has 1 atom stereocenters. The van der Waals surface area contributed by atoms with E-state index in [1.165, 1.54) is 5.56 Å². The van der Waals surface area contributed by atoms with Gasteiger partial charge in [-0.2, -0.15) is 0 Å². The molecule has 0 aliphatic carbocycles. The zero-order valence-corrected chi connectivity index (χ0v) is 11.9. The summed E-state index contributed by atoms with van der Waals surface area (Å²) in [4.78, 5) is 11.8. The number of carbonyl (C=O) groups excluding carboxylic acids is 1. The highest BCUT2D eigenvalue weighted by Crippen LogP contribution is 2.06. The minimum absolute atomic E-state index is 0. The van der Waals surface area contributed by atoms with Crippen LogP contribution in [0.1, 0.15) is 36.2 Å². The summed E-state index contributed by atoms with van der Waals surface area (Å²) in [5.74, 6) is 0.298. The molecule has 3 nitrogen and oxygen atoms in total. The van der Waals surface area contributed by atoms with Gasteiger partial charge in [-0.3, -0.25) is 4.79 Å². The first-order valence-electron chi connectivity index (χ1n) is 6.24. The monoisotopic (exact) mass is 270 g/mol. The Hall–Kier alpha value is -1.06. The summed E-state index contributed by atoms with van der Waals surface area (Å²) in [5.41, 5.74) is 7.49. The highest BCUT2D eigenvalue weighted by molar-refractivity contribution is 5.94. The molecule has 0 radical (unpaired) electrons. The second-order valence-corrected chi connectivity index (χ2v) is 4.50. The van der Waals surface area contributed by atoms with Crippen LogP contribution in [0.15, 0.2) is 24.3 Å². The summed E-state index contributed by atoms with van der Waals surface area (Å²) in [7, 11) is 0. The van der Waals surface area contributed by atoms with Crippen molar-refractivity contribution in [3.63, 3.8) is 0 Å². The molecule has 18 heavy (non-hydrogen) atoms. The maximum absolute atomic E-state index is 11.8. The number of rotatable bonds is 6. The lowest BCUT2D eigenvalue weighted by Crippen LogP contribution is -2.31. The Balaban J connectivity index is 0.00000289. The van der Waals surface area contributed by atoms with E-state index in [1.54, 1.807) is 0 Å². The number of aryl methyl sites for hydroxylation is 1. The molecule has 0 fully saturated rings.